The van der Waals surface area contributed by atoms with Gasteiger partial charge in [-0.15, -0.1) is 0 Å². The van der Waals surface area contributed by atoms with Crippen LogP contribution in [0.25, 0.3) is 10.9 Å². The van der Waals surface area contributed by atoms with Crippen LogP contribution in [0.4, 0.5) is 0 Å². The number of hydrogen-bond acceptors (Lipinski definition) is 2. The lowest BCUT2D eigenvalue weighted by atomic mass is 9.81. The Morgan fingerprint density at radius 3 is 2.61 bits per heavy atom. The molecule has 2 bridgehead atoms. The summed E-state index contributed by atoms with van der Waals surface area (Å²) in [4.78, 5) is 3.28. The second kappa shape index (κ2) is 3.59. The molecular formula is C15H18N2O. The molecule has 1 aromatic carbocycles. The first-order valence-electron chi connectivity index (χ1n) is 6.80. The summed E-state index contributed by atoms with van der Waals surface area (Å²) in [5.74, 6) is 0. The number of benzene rings is 1. The van der Waals surface area contributed by atoms with E-state index in [2.05, 4.69) is 22.4 Å². The number of aromatic nitrogens is 1. The third-order valence-corrected chi connectivity index (χ3v) is 4.59. The van der Waals surface area contributed by atoms with E-state index in [1.54, 1.807) is 0 Å². The Balaban J connectivity index is 1.82. The topological polar surface area (TPSA) is 48.0 Å². The first-order valence-corrected chi connectivity index (χ1v) is 6.80. The van der Waals surface area contributed by atoms with Gasteiger partial charge in [-0.1, -0.05) is 18.2 Å². The van der Waals surface area contributed by atoms with Crippen molar-refractivity contribution in [3.05, 3.63) is 36.0 Å². The first-order chi connectivity index (χ1) is 8.74. The predicted molar refractivity (Wildman–Crippen MR) is 71.4 cm³/mol. The molecule has 3 nitrogen and oxygen atoms in total. The van der Waals surface area contributed by atoms with Crippen LogP contribution in [0, 0.1) is 0 Å². The summed E-state index contributed by atoms with van der Waals surface area (Å²) in [7, 11) is 0. The summed E-state index contributed by atoms with van der Waals surface area (Å²) in [5.41, 5.74) is 1.54. The predicted octanol–water partition coefficient (Wildman–Crippen LogP) is 2.27. The number of nitrogens with one attached hydrogen (secondary N) is 2. The zero-order chi connectivity index (χ0) is 12.2. The molecule has 0 radical (unpaired) electrons. The van der Waals surface area contributed by atoms with E-state index in [1.807, 2.05) is 18.3 Å². The van der Waals surface area contributed by atoms with Crippen LogP contribution in [0.1, 0.15) is 31.2 Å². The number of rotatable bonds is 1. The number of para-hydroxylation sites is 1. The highest BCUT2D eigenvalue weighted by Gasteiger charge is 2.44. The van der Waals surface area contributed by atoms with Gasteiger partial charge in [0.2, 0.25) is 0 Å². The Morgan fingerprint density at radius 1 is 1.11 bits per heavy atom. The second-order valence-electron chi connectivity index (χ2n) is 5.83. The lowest BCUT2D eigenvalue weighted by molar-refractivity contribution is -0.0101. The zero-order valence-corrected chi connectivity index (χ0v) is 10.3. The molecule has 2 fully saturated rings. The molecule has 1 aromatic heterocycles. The van der Waals surface area contributed by atoms with Gasteiger partial charge in [0.1, 0.15) is 0 Å². The molecule has 0 spiro atoms. The Kier molecular flexibility index (Phi) is 2.11. The summed E-state index contributed by atoms with van der Waals surface area (Å²) >= 11 is 0. The third kappa shape index (κ3) is 1.44. The Bertz CT molecular complexity index is 577. The highest BCUT2D eigenvalue weighted by atomic mass is 16.3. The number of H-pyrrole nitrogens is 1. The number of piperidine rings is 1. The quantitative estimate of drug-likeness (QED) is 0.718. The average molecular weight is 242 g/mol. The largest absolute Gasteiger partial charge is 0.385 e. The van der Waals surface area contributed by atoms with E-state index in [1.165, 1.54) is 18.2 Å². The monoisotopic (exact) mass is 242 g/mol. The molecule has 2 aliphatic rings. The van der Waals surface area contributed by atoms with Crippen molar-refractivity contribution >= 4 is 10.9 Å². The van der Waals surface area contributed by atoms with E-state index >= 15 is 0 Å². The van der Waals surface area contributed by atoms with E-state index in [4.69, 9.17) is 0 Å². The highest BCUT2D eigenvalue weighted by molar-refractivity contribution is 5.84. The molecule has 3 heteroatoms. The molecule has 3 heterocycles. The van der Waals surface area contributed by atoms with Crippen molar-refractivity contribution in [2.24, 2.45) is 0 Å². The minimum Gasteiger partial charge on any atom is -0.385 e. The fourth-order valence-electron chi connectivity index (χ4n) is 3.80. The van der Waals surface area contributed by atoms with Crippen LogP contribution in [0.2, 0.25) is 0 Å². The average Bonchev–Trinajstić information content (AvgIpc) is 2.93. The number of aromatic amines is 1. The minimum absolute atomic E-state index is 0.488. The van der Waals surface area contributed by atoms with Crippen molar-refractivity contribution in [1.29, 1.82) is 0 Å². The van der Waals surface area contributed by atoms with Crippen LogP contribution in [0.3, 0.4) is 0 Å². The minimum atomic E-state index is -0.656. The van der Waals surface area contributed by atoms with Gasteiger partial charge in [-0.2, -0.15) is 0 Å². The Labute approximate surface area is 106 Å². The van der Waals surface area contributed by atoms with Crippen molar-refractivity contribution in [3.8, 4) is 0 Å². The van der Waals surface area contributed by atoms with Crippen LogP contribution in [0.5, 0.6) is 0 Å². The van der Waals surface area contributed by atoms with Crippen LogP contribution >= 0.6 is 0 Å². The summed E-state index contributed by atoms with van der Waals surface area (Å²) in [5, 5.41) is 15.8. The summed E-state index contributed by atoms with van der Waals surface area (Å²) in [6.45, 7) is 0. The molecular weight excluding hydrogens is 224 g/mol. The lowest BCUT2D eigenvalue weighted by Gasteiger charge is -2.37. The van der Waals surface area contributed by atoms with Crippen LogP contribution in [-0.2, 0) is 5.60 Å². The summed E-state index contributed by atoms with van der Waals surface area (Å²) in [6.07, 6.45) is 6.08. The summed E-state index contributed by atoms with van der Waals surface area (Å²) in [6, 6.07) is 9.21. The fraction of sp³-hybridized carbons (Fsp3) is 0.467. The van der Waals surface area contributed by atoms with Gasteiger partial charge in [-0.05, 0) is 31.7 Å². The van der Waals surface area contributed by atoms with Gasteiger partial charge in [0.05, 0.1) is 5.60 Å². The maximum absolute atomic E-state index is 11.1. The van der Waals surface area contributed by atoms with Crippen LogP contribution < -0.4 is 5.32 Å². The standard InChI is InChI=1S/C15H18N2O/c18-15(7-10-5-6-11(8-15)17-10)13-9-16-14-4-2-1-3-12(13)14/h1-4,9-11,16-18H,5-8H2. The van der Waals surface area contributed by atoms with E-state index < -0.39 is 5.60 Å². The van der Waals surface area contributed by atoms with Crippen LogP contribution in [-0.4, -0.2) is 22.2 Å². The Hall–Kier alpha value is -1.32. The molecule has 4 rings (SSSR count). The fourth-order valence-corrected chi connectivity index (χ4v) is 3.80. The number of fused-ring (bicyclic) bond motifs is 3. The van der Waals surface area contributed by atoms with Gasteiger partial charge in [0, 0.05) is 34.7 Å². The molecule has 0 amide bonds. The normalized spacial score (nSPS) is 35.2. The lowest BCUT2D eigenvalue weighted by Crippen LogP contribution is -2.46. The van der Waals surface area contributed by atoms with Crippen LogP contribution in [0.15, 0.2) is 30.5 Å². The summed E-state index contributed by atoms with van der Waals surface area (Å²) < 4.78 is 0. The maximum atomic E-state index is 11.1. The zero-order valence-electron chi connectivity index (χ0n) is 10.3. The molecule has 2 aliphatic heterocycles. The van der Waals surface area contributed by atoms with Crippen molar-refractivity contribution in [1.82, 2.24) is 10.3 Å². The number of hydrogen-bond donors (Lipinski definition) is 3. The molecule has 0 aliphatic carbocycles. The van der Waals surface area contributed by atoms with E-state index in [0.717, 1.165) is 23.9 Å². The molecule has 0 saturated carbocycles. The van der Waals surface area contributed by atoms with Crippen molar-refractivity contribution in [3.63, 3.8) is 0 Å². The molecule has 2 atom stereocenters. The molecule has 2 unspecified atom stereocenters. The third-order valence-electron chi connectivity index (χ3n) is 4.59. The van der Waals surface area contributed by atoms with Gasteiger partial charge < -0.3 is 15.4 Å². The van der Waals surface area contributed by atoms with Crippen molar-refractivity contribution in [2.45, 2.75) is 43.4 Å². The van der Waals surface area contributed by atoms with Gasteiger partial charge >= 0.3 is 0 Å². The van der Waals surface area contributed by atoms with E-state index in [-0.39, 0.29) is 0 Å². The smallest absolute Gasteiger partial charge is 0.0946 e. The Morgan fingerprint density at radius 2 is 1.83 bits per heavy atom. The molecule has 18 heavy (non-hydrogen) atoms. The van der Waals surface area contributed by atoms with Gasteiger partial charge in [-0.3, -0.25) is 0 Å². The van der Waals surface area contributed by atoms with Gasteiger partial charge in [0.25, 0.3) is 0 Å². The maximum Gasteiger partial charge on any atom is 0.0946 e. The first kappa shape index (κ1) is 10.6. The molecule has 2 saturated heterocycles. The molecule has 2 aromatic rings. The highest BCUT2D eigenvalue weighted by Crippen LogP contribution is 2.42. The molecule has 3 N–H and O–H groups in total. The van der Waals surface area contributed by atoms with E-state index in [9.17, 15) is 5.11 Å². The number of aliphatic hydroxyl groups is 1. The SMILES string of the molecule is OC1(c2c[nH]c3ccccc23)CC2CCC(C1)N2. The van der Waals surface area contributed by atoms with Gasteiger partial charge in [0.15, 0.2) is 0 Å². The van der Waals surface area contributed by atoms with Crippen molar-refractivity contribution < 1.29 is 5.11 Å². The second-order valence-corrected chi connectivity index (χ2v) is 5.83. The molecule has 94 valence electrons. The van der Waals surface area contributed by atoms with Crippen molar-refractivity contribution in [2.75, 3.05) is 0 Å². The van der Waals surface area contributed by atoms with E-state index in [0.29, 0.717) is 12.1 Å². The van der Waals surface area contributed by atoms with Gasteiger partial charge in [-0.25, -0.2) is 0 Å².